The lowest BCUT2D eigenvalue weighted by atomic mass is 10.0. The fourth-order valence-corrected chi connectivity index (χ4v) is 3.70. The molecule has 2 N–H and O–H groups in total. The van der Waals surface area contributed by atoms with Gasteiger partial charge in [0.1, 0.15) is 0 Å². The number of aromatic nitrogens is 1. The first-order valence-corrected chi connectivity index (χ1v) is 10.8. The van der Waals surface area contributed by atoms with E-state index in [9.17, 15) is 18.0 Å². The molecule has 0 unspecified atom stereocenters. The number of aryl methyl sites for hydroxylation is 2. The molecule has 3 rings (SSSR count). The molecule has 0 spiro atoms. The van der Waals surface area contributed by atoms with E-state index in [4.69, 9.17) is 0 Å². The zero-order valence-electron chi connectivity index (χ0n) is 16.0. The van der Waals surface area contributed by atoms with Gasteiger partial charge in [-0.2, -0.15) is 0 Å². The van der Waals surface area contributed by atoms with E-state index in [2.05, 4.69) is 10.3 Å². The average Bonchev–Trinajstić information content (AvgIpc) is 2.65. The summed E-state index contributed by atoms with van der Waals surface area (Å²) < 4.78 is 23.3. The van der Waals surface area contributed by atoms with Gasteiger partial charge in [-0.05, 0) is 61.0 Å². The number of carbonyl (C=O) groups is 1. The van der Waals surface area contributed by atoms with Crippen molar-refractivity contribution in [2.45, 2.75) is 25.2 Å². The zero-order chi connectivity index (χ0) is 20.5. The van der Waals surface area contributed by atoms with Gasteiger partial charge in [0.25, 0.3) is 11.5 Å². The maximum Gasteiger partial charge on any atom is 0.251 e. The third-order valence-electron chi connectivity index (χ3n) is 4.83. The SMILES string of the molecule is Cc1ccc2cc(CCNC(=O)c3cccc(S(C)(=O)=O)c3)c(=O)[nH]c2c1C. The summed E-state index contributed by atoms with van der Waals surface area (Å²) in [6.07, 6.45) is 1.47. The van der Waals surface area contributed by atoms with Gasteiger partial charge in [-0.15, -0.1) is 0 Å². The van der Waals surface area contributed by atoms with Crippen LogP contribution in [0.2, 0.25) is 0 Å². The van der Waals surface area contributed by atoms with Crippen LogP contribution in [0, 0.1) is 13.8 Å². The van der Waals surface area contributed by atoms with Crippen molar-refractivity contribution < 1.29 is 13.2 Å². The molecule has 1 heterocycles. The molecule has 146 valence electrons. The maximum absolute atomic E-state index is 12.4. The van der Waals surface area contributed by atoms with Gasteiger partial charge in [0.15, 0.2) is 9.84 Å². The molecule has 1 aromatic heterocycles. The molecule has 0 aliphatic rings. The van der Waals surface area contributed by atoms with Crippen LogP contribution in [0.3, 0.4) is 0 Å². The van der Waals surface area contributed by atoms with Gasteiger partial charge >= 0.3 is 0 Å². The number of aromatic amines is 1. The van der Waals surface area contributed by atoms with E-state index in [-0.39, 0.29) is 28.5 Å². The second-order valence-corrected chi connectivity index (χ2v) is 8.92. The highest BCUT2D eigenvalue weighted by molar-refractivity contribution is 7.90. The minimum absolute atomic E-state index is 0.0942. The van der Waals surface area contributed by atoms with Gasteiger partial charge in [-0.1, -0.05) is 18.2 Å². The van der Waals surface area contributed by atoms with Gasteiger partial charge < -0.3 is 10.3 Å². The van der Waals surface area contributed by atoms with Crippen molar-refractivity contribution in [1.82, 2.24) is 10.3 Å². The molecule has 0 aliphatic heterocycles. The molecule has 0 fully saturated rings. The first-order valence-electron chi connectivity index (χ1n) is 8.87. The largest absolute Gasteiger partial charge is 0.352 e. The number of hydrogen-bond acceptors (Lipinski definition) is 4. The van der Waals surface area contributed by atoms with Crippen molar-refractivity contribution in [2.24, 2.45) is 0 Å². The molecule has 1 amide bonds. The van der Waals surface area contributed by atoms with Crippen LogP contribution in [0.25, 0.3) is 10.9 Å². The van der Waals surface area contributed by atoms with E-state index in [0.29, 0.717) is 12.0 Å². The number of benzene rings is 2. The van der Waals surface area contributed by atoms with Crippen LogP contribution in [0.4, 0.5) is 0 Å². The van der Waals surface area contributed by atoms with E-state index < -0.39 is 9.84 Å². The number of rotatable bonds is 5. The molecule has 28 heavy (non-hydrogen) atoms. The van der Waals surface area contributed by atoms with E-state index in [1.165, 1.54) is 18.2 Å². The van der Waals surface area contributed by atoms with Crippen LogP contribution in [-0.2, 0) is 16.3 Å². The average molecular weight is 398 g/mol. The number of hydrogen-bond donors (Lipinski definition) is 2. The fourth-order valence-electron chi connectivity index (χ4n) is 3.04. The molecule has 0 saturated heterocycles. The molecule has 0 saturated carbocycles. The molecule has 7 heteroatoms. The molecule has 0 radical (unpaired) electrons. The van der Waals surface area contributed by atoms with Crippen LogP contribution >= 0.6 is 0 Å². The normalized spacial score (nSPS) is 11.5. The molecular weight excluding hydrogens is 376 g/mol. The summed E-state index contributed by atoms with van der Waals surface area (Å²) in [4.78, 5) is 27.7. The Morgan fingerprint density at radius 3 is 2.57 bits per heavy atom. The Labute approximate surface area is 163 Å². The highest BCUT2D eigenvalue weighted by atomic mass is 32.2. The molecule has 6 nitrogen and oxygen atoms in total. The summed E-state index contributed by atoms with van der Waals surface area (Å²) in [6.45, 7) is 4.23. The van der Waals surface area contributed by atoms with Gasteiger partial charge in [0, 0.05) is 23.9 Å². The Balaban J connectivity index is 1.73. The van der Waals surface area contributed by atoms with Crippen LogP contribution in [0.1, 0.15) is 27.0 Å². The van der Waals surface area contributed by atoms with E-state index in [1.54, 1.807) is 6.07 Å². The van der Waals surface area contributed by atoms with E-state index in [1.807, 2.05) is 32.0 Å². The number of pyridine rings is 1. The number of carbonyl (C=O) groups excluding carboxylic acids is 1. The number of nitrogens with one attached hydrogen (secondary N) is 2. The van der Waals surface area contributed by atoms with Crippen molar-refractivity contribution >= 4 is 26.6 Å². The maximum atomic E-state index is 12.4. The summed E-state index contributed by atoms with van der Waals surface area (Å²) >= 11 is 0. The van der Waals surface area contributed by atoms with Crippen molar-refractivity contribution in [3.63, 3.8) is 0 Å². The van der Waals surface area contributed by atoms with Crippen LogP contribution in [0.15, 0.2) is 52.2 Å². The highest BCUT2D eigenvalue weighted by Crippen LogP contribution is 2.19. The smallest absolute Gasteiger partial charge is 0.251 e. The van der Waals surface area contributed by atoms with Crippen LogP contribution in [-0.4, -0.2) is 32.1 Å². The summed E-state index contributed by atoms with van der Waals surface area (Å²) in [7, 11) is -3.38. The molecule has 3 aromatic rings. The van der Waals surface area contributed by atoms with Crippen molar-refractivity contribution in [2.75, 3.05) is 12.8 Å². The third kappa shape index (κ3) is 4.14. The summed E-state index contributed by atoms with van der Waals surface area (Å²) in [5.74, 6) is -0.380. The van der Waals surface area contributed by atoms with Gasteiger partial charge in [0.05, 0.1) is 10.4 Å². The monoisotopic (exact) mass is 398 g/mol. The Bertz CT molecular complexity index is 1230. The van der Waals surface area contributed by atoms with Crippen molar-refractivity contribution in [3.05, 3.63) is 75.1 Å². The number of H-pyrrole nitrogens is 1. The first-order chi connectivity index (χ1) is 13.2. The fraction of sp³-hybridized carbons (Fsp3) is 0.238. The Morgan fingerprint density at radius 1 is 1.11 bits per heavy atom. The molecule has 0 atom stereocenters. The summed E-state index contributed by atoms with van der Waals surface area (Å²) in [5, 5.41) is 3.68. The minimum Gasteiger partial charge on any atom is -0.352 e. The molecule has 0 bridgehead atoms. The number of amides is 1. The Kier molecular flexibility index (Phi) is 5.38. The summed E-state index contributed by atoms with van der Waals surface area (Å²) in [6, 6.07) is 11.7. The highest BCUT2D eigenvalue weighted by Gasteiger charge is 2.12. The molecule has 2 aromatic carbocycles. The number of sulfone groups is 1. The zero-order valence-corrected chi connectivity index (χ0v) is 16.8. The molecule has 0 aliphatic carbocycles. The topological polar surface area (TPSA) is 96.1 Å². The first kappa shape index (κ1) is 19.8. The third-order valence-corrected chi connectivity index (χ3v) is 5.94. The van der Waals surface area contributed by atoms with Gasteiger partial charge in [0.2, 0.25) is 0 Å². The van der Waals surface area contributed by atoms with Crippen LogP contribution in [0.5, 0.6) is 0 Å². The number of fused-ring (bicyclic) bond motifs is 1. The van der Waals surface area contributed by atoms with Gasteiger partial charge in [-0.25, -0.2) is 8.42 Å². The predicted molar refractivity (Wildman–Crippen MR) is 110 cm³/mol. The molecular formula is C21H22N2O4S. The lowest BCUT2D eigenvalue weighted by molar-refractivity contribution is 0.0954. The van der Waals surface area contributed by atoms with E-state index in [0.717, 1.165) is 28.3 Å². The quantitative estimate of drug-likeness (QED) is 0.690. The Morgan fingerprint density at radius 2 is 1.86 bits per heavy atom. The second kappa shape index (κ2) is 7.59. The van der Waals surface area contributed by atoms with E-state index >= 15 is 0 Å². The summed E-state index contributed by atoms with van der Waals surface area (Å²) in [5.41, 5.74) is 3.66. The van der Waals surface area contributed by atoms with Crippen molar-refractivity contribution in [3.8, 4) is 0 Å². The van der Waals surface area contributed by atoms with Gasteiger partial charge in [-0.3, -0.25) is 9.59 Å². The van der Waals surface area contributed by atoms with Crippen molar-refractivity contribution in [1.29, 1.82) is 0 Å². The lowest BCUT2D eigenvalue weighted by Gasteiger charge is -2.09. The Hall–Kier alpha value is -2.93. The minimum atomic E-state index is -3.38. The standard InChI is InChI=1S/C21H22N2O4S/c1-13-7-8-15-11-17(21(25)23-19(15)14(13)2)9-10-22-20(24)16-5-4-6-18(12-16)28(3,26)27/h4-8,11-12H,9-10H2,1-3H3,(H,22,24)(H,23,25). The predicted octanol–water partition coefficient (Wildman–Crippen LogP) is 2.52. The second-order valence-electron chi connectivity index (χ2n) is 6.90. The lowest BCUT2D eigenvalue weighted by Crippen LogP contribution is -2.27. The van der Waals surface area contributed by atoms with Crippen LogP contribution < -0.4 is 10.9 Å².